The Morgan fingerprint density at radius 2 is 1.73 bits per heavy atom. The predicted octanol–water partition coefficient (Wildman–Crippen LogP) is 2.52. The van der Waals surface area contributed by atoms with Crippen molar-refractivity contribution in [2.45, 2.75) is 0 Å². The van der Waals surface area contributed by atoms with Gasteiger partial charge in [-0.3, -0.25) is 9.00 Å². The van der Waals surface area contributed by atoms with Crippen molar-refractivity contribution in [3.05, 3.63) is 35.9 Å². The van der Waals surface area contributed by atoms with E-state index in [2.05, 4.69) is 0 Å². The van der Waals surface area contributed by atoms with Gasteiger partial charge in [0.15, 0.2) is 5.78 Å². The second-order valence-corrected chi connectivity index (χ2v) is 10.9. The lowest BCUT2D eigenvalue weighted by Crippen LogP contribution is -2.30. The molecule has 0 spiro atoms. The van der Waals surface area contributed by atoms with E-state index >= 15 is 0 Å². The quantitative estimate of drug-likeness (QED) is 0.624. The second-order valence-electron chi connectivity index (χ2n) is 3.85. The number of halogens is 2. The van der Waals surface area contributed by atoms with Gasteiger partial charge in [-0.2, -0.15) is 0 Å². The zero-order chi connectivity index (χ0) is 10.8. The lowest BCUT2D eigenvalue weighted by molar-refractivity contribution is 0.102. The molecule has 0 saturated heterocycles. The van der Waals surface area contributed by atoms with E-state index in [1.807, 2.05) is 6.07 Å². The number of carbonyl (C=O) groups excluding carboxylic acids is 1. The molecule has 86 valence electrons. The fraction of sp³-hybridized carbons (Fsp3) is 0.300. The third-order valence-electron chi connectivity index (χ3n) is 1.63. The molecule has 0 saturated carbocycles. The molecule has 0 unspecified atom stereocenters. The van der Waals surface area contributed by atoms with Crippen molar-refractivity contribution in [3.8, 4) is 0 Å². The number of hydrogen-bond donors (Lipinski definition) is 0. The summed E-state index contributed by atoms with van der Waals surface area (Å²) in [7, 11) is 2.51. The van der Waals surface area contributed by atoms with Crippen molar-refractivity contribution >= 4 is 37.2 Å². The summed E-state index contributed by atoms with van der Waals surface area (Å²) in [6.07, 6.45) is 2.83. The molecule has 15 heavy (non-hydrogen) atoms. The van der Waals surface area contributed by atoms with Crippen LogP contribution in [0.25, 0.3) is 0 Å². The Labute approximate surface area is 100 Å². The van der Waals surface area contributed by atoms with E-state index in [9.17, 15) is 9.00 Å². The average molecular weight is 269 g/mol. The van der Waals surface area contributed by atoms with E-state index < -0.39 is 8.28 Å². The minimum absolute atomic E-state index is 0. The van der Waals surface area contributed by atoms with Crippen molar-refractivity contribution in [2.24, 2.45) is 0 Å². The van der Waals surface area contributed by atoms with Crippen LogP contribution in [-0.4, -0.2) is 28.3 Å². The number of rotatable bonds is 3. The molecule has 0 aliphatic rings. The van der Waals surface area contributed by atoms with Crippen molar-refractivity contribution in [2.75, 3.05) is 18.3 Å². The molecule has 1 aromatic carbocycles. The van der Waals surface area contributed by atoms with Crippen LogP contribution in [0, 0.1) is 0 Å². The van der Waals surface area contributed by atoms with Gasteiger partial charge in [0.25, 0.3) is 0 Å². The summed E-state index contributed by atoms with van der Waals surface area (Å²) >= 11 is 0. The summed E-state index contributed by atoms with van der Waals surface area (Å²) in [6.45, 7) is 0. The molecule has 0 bridgehead atoms. The summed E-state index contributed by atoms with van der Waals surface area (Å²) in [5, 5.41) is 0. The van der Waals surface area contributed by atoms with E-state index in [4.69, 9.17) is 10.7 Å². The Morgan fingerprint density at radius 1 is 1.27 bits per heavy atom. The van der Waals surface area contributed by atoms with Crippen LogP contribution in [0.5, 0.6) is 0 Å². The van der Waals surface area contributed by atoms with Gasteiger partial charge in [0.1, 0.15) is 0 Å². The summed E-state index contributed by atoms with van der Waals surface area (Å²) in [6, 6.07) is 8.74. The van der Waals surface area contributed by atoms with Gasteiger partial charge >= 0.3 is 0 Å². The van der Waals surface area contributed by atoms with Crippen LogP contribution < -0.4 is 0 Å². The summed E-state index contributed by atoms with van der Waals surface area (Å²) < 4.78 is 11.7. The van der Waals surface area contributed by atoms with Gasteiger partial charge in [-0.1, -0.05) is 30.3 Å². The first-order valence-electron chi connectivity index (χ1n) is 4.14. The highest BCUT2D eigenvalue weighted by molar-refractivity contribution is 8.37. The number of ketones is 1. The molecule has 0 fully saturated rings. The molecule has 0 aromatic heterocycles. The van der Waals surface area contributed by atoms with Crippen LogP contribution in [-0.2, 0) is 8.28 Å². The smallest absolute Gasteiger partial charge is 0.174 e. The molecule has 1 aromatic rings. The highest BCUT2D eigenvalue weighted by Gasteiger charge is 2.25. The molecule has 2 nitrogen and oxygen atoms in total. The molecule has 5 heteroatoms. The first-order valence-corrected chi connectivity index (χ1v) is 7.92. The van der Waals surface area contributed by atoms with Crippen molar-refractivity contribution < 1.29 is 9.00 Å². The third kappa shape index (κ3) is 5.92. The topological polar surface area (TPSA) is 34.1 Å². The van der Waals surface area contributed by atoms with E-state index in [1.165, 1.54) is 12.5 Å². The Bertz CT molecular complexity index is 398. The van der Waals surface area contributed by atoms with E-state index in [1.54, 1.807) is 24.3 Å². The Balaban J connectivity index is 0.00000196. The average Bonchev–Trinajstić information content (AvgIpc) is 2.01. The Hall–Kier alpha value is -0.380. The molecular formula is C10H14Cl2O2S. The van der Waals surface area contributed by atoms with Gasteiger partial charge in [-0.15, -0.1) is 12.4 Å². The van der Waals surface area contributed by atoms with E-state index in [0.717, 1.165) is 0 Å². The minimum atomic E-state index is -3.25. The Kier molecular flexibility index (Phi) is 4.52. The van der Waals surface area contributed by atoms with Crippen LogP contribution in [0.3, 0.4) is 0 Å². The van der Waals surface area contributed by atoms with Crippen LogP contribution in [0.4, 0.5) is 0 Å². The zero-order valence-corrected chi connectivity index (χ0v) is 11.0. The van der Waals surface area contributed by atoms with Crippen molar-refractivity contribution in [3.63, 3.8) is 0 Å². The van der Waals surface area contributed by atoms with Gasteiger partial charge in [-0.05, 0) is 19.0 Å². The molecule has 0 N–H and O–H groups in total. The maximum Gasteiger partial charge on any atom is 0.174 e. The Morgan fingerprint density at radius 3 is 2.13 bits per heavy atom. The zero-order valence-electron chi connectivity index (χ0n) is 8.60. The minimum Gasteiger partial charge on any atom is -0.293 e. The highest BCUT2D eigenvalue weighted by atomic mass is 35.7. The largest absolute Gasteiger partial charge is 0.293 e. The molecule has 0 heterocycles. The third-order valence-corrected chi connectivity index (χ3v) is 3.02. The van der Waals surface area contributed by atoms with Gasteiger partial charge in [0.05, 0.1) is 5.75 Å². The van der Waals surface area contributed by atoms with Crippen LogP contribution in [0.15, 0.2) is 30.3 Å². The van der Waals surface area contributed by atoms with Crippen LogP contribution >= 0.6 is 23.1 Å². The molecule has 0 radical (unpaired) electrons. The SMILES string of the molecule is CS(C)(=O)(Cl)CC(=O)c1ccccc1.Cl. The molecule has 0 atom stereocenters. The van der Waals surface area contributed by atoms with Crippen molar-refractivity contribution in [1.82, 2.24) is 0 Å². The molecule has 1 rings (SSSR count). The van der Waals surface area contributed by atoms with E-state index in [-0.39, 0.29) is 23.9 Å². The lowest BCUT2D eigenvalue weighted by Gasteiger charge is -2.23. The number of Topliss-reactive ketones (excluding diaryl/α,β-unsaturated/α-hetero) is 1. The van der Waals surface area contributed by atoms with Gasteiger partial charge < -0.3 is 0 Å². The van der Waals surface area contributed by atoms with E-state index in [0.29, 0.717) is 5.56 Å². The predicted molar refractivity (Wildman–Crippen MR) is 68.7 cm³/mol. The first kappa shape index (κ1) is 14.6. The molecule has 0 aliphatic heterocycles. The highest BCUT2D eigenvalue weighted by Crippen LogP contribution is 2.24. The standard InChI is InChI=1S/C10H13ClO2S.ClH/c1-14(2,11,13)8-10(12)9-6-4-3-5-7-9;/h3-7H,8H2,1-2H3;1H. The molecular weight excluding hydrogens is 255 g/mol. The second kappa shape index (κ2) is 4.64. The number of benzene rings is 1. The lowest BCUT2D eigenvalue weighted by atomic mass is 10.2. The summed E-state index contributed by atoms with van der Waals surface area (Å²) in [4.78, 5) is 11.6. The van der Waals surface area contributed by atoms with Gasteiger partial charge in [-0.25, -0.2) is 0 Å². The monoisotopic (exact) mass is 268 g/mol. The number of carbonyl (C=O) groups is 1. The first-order chi connectivity index (χ1) is 6.24. The molecule has 0 amide bonds. The van der Waals surface area contributed by atoms with Gasteiger partial charge in [0, 0.05) is 18.1 Å². The summed E-state index contributed by atoms with van der Waals surface area (Å²) in [5.41, 5.74) is 0.552. The maximum absolute atomic E-state index is 11.7. The van der Waals surface area contributed by atoms with Crippen LogP contribution in [0.2, 0.25) is 0 Å². The fourth-order valence-corrected chi connectivity index (χ4v) is 2.27. The normalized spacial score (nSPS) is 13.4. The maximum atomic E-state index is 11.7. The van der Waals surface area contributed by atoms with Gasteiger partial charge in [0.2, 0.25) is 0 Å². The number of hydrogen-bond acceptors (Lipinski definition) is 2. The fourth-order valence-electron chi connectivity index (χ4n) is 1.07. The summed E-state index contributed by atoms with van der Waals surface area (Å²) in [5.74, 6) is -0.287. The van der Waals surface area contributed by atoms with Crippen LogP contribution in [0.1, 0.15) is 10.4 Å². The van der Waals surface area contributed by atoms with Crippen molar-refractivity contribution in [1.29, 1.82) is 0 Å². The molecule has 0 aliphatic carbocycles.